The maximum Gasteiger partial charge on any atom is 0.333 e. The Bertz CT molecular complexity index is 414. The molecule has 1 atom stereocenters. The van der Waals surface area contributed by atoms with Gasteiger partial charge in [-0.3, -0.25) is 0 Å². The van der Waals surface area contributed by atoms with Gasteiger partial charge in [-0.05, 0) is 42.3 Å². The zero-order valence-corrected chi connectivity index (χ0v) is 12.7. The second-order valence-electron chi connectivity index (χ2n) is 5.74. The number of benzene rings is 1. The van der Waals surface area contributed by atoms with E-state index >= 15 is 0 Å². The number of hydrogen-bond donors (Lipinski definition) is 0. The summed E-state index contributed by atoms with van der Waals surface area (Å²) in [5.74, 6) is 1.48. The third-order valence-corrected chi connectivity index (χ3v) is 3.36. The van der Waals surface area contributed by atoms with Gasteiger partial charge in [0.15, 0.2) is 6.29 Å². The molecule has 4 heteroatoms. The standard InChI is InChI=1S/C16H24BO3/c1-12(2)10-13-7-8-15(14(11-13)17-18-3)20-16-6-4-5-9-19-16/h7-8,11-12,16H,4-6,9-10H2,1-3H3. The Morgan fingerprint density at radius 2 is 2.20 bits per heavy atom. The molecule has 1 saturated heterocycles. The van der Waals surface area contributed by atoms with Crippen molar-refractivity contribution >= 4 is 12.9 Å². The first kappa shape index (κ1) is 15.4. The molecule has 1 radical (unpaired) electrons. The van der Waals surface area contributed by atoms with E-state index in [1.807, 2.05) is 6.07 Å². The Hall–Kier alpha value is -0.995. The summed E-state index contributed by atoms with van der Waals surface area (Å²) in [5.41, 5.74) is 2.29. The summed E-state index contributed by atoms with van der Waals surface area (Å²) in [6.07, 6.45) is 4.19. The van der Waals surface area contributed by atoms with Crippen molar-refractivity contribution < 1.29 is 14.1 Å². The summed E-state index contributed by atoms with van der Waals surface area (Å²) in [6.45, 7) is 5.24. The highest BCUT2D eigenvalue weighted by atomic mass is 16.7. The highest BCUT2D eigenvalue weighted by molar-refractivity contribution is 6.48. The fourth-order valence-corrected chi connectivity index (χ4v) is 2.47. The minimum Gasteiger partial charge on any atom is -0.465 e. The molecule has 1 aromatic rings. The van der Waals surface area contributed by atoms with Crippen molar-refractivity contribution in [3.8, 4) is 5.75 Å². The summed E-state index contributed by atoms with van der Waals surface area (Å²) in [6, 6.07) is 6.30. The van der Waals surface area contributed by atoms with Crippen LogP contribution < -0.4 is 10.2 Å². The van der Waals surface area contributed by atoms with Crippen LogP contribution in [0.5, 0.6) is 5.75 Å². The molecule has 1 fully saturated rings. The lowest BCUT2D eigenvalue weighted by Gasteiger charge is -2.24. The van der Waals surface area contributed by atoms with Crippen molar-refractivity contribution in [2.45, 2.75) is 45.8 Å². The summed E-state index contributed by atoms with van der Waals surface area (Å²) >= 11 is 0. The second-order valence-corrected chi connectivity index (χ2v) is 5.74. The molecule has 0 aromatic heterocycles. The van der Waals surface area contributed by atoms with E-state index in [0.29, 0.717) is 5.92 Å². The first-order valence-electron chi connectivity index (χ1n) is 7.46. The molecule has 1 heterocycles. The van der Waals surface area contributed by atoms with Gasteiger partial charge >= 0.3 is 7.48 Å². The first-order valence-corrected chi connectivity index (χ1v) is 7.46. The Morgan fingerprint density at radius 1 is 1.35 bits per heavy atom. The molecule has 1 aliphatic rings. The average Bonchev–Trinajstić information content (AvgIpc) is 2.42. The highest BCUT2D eigenvalue weighted by Gasteiger charge is 2.17. The van der Waals surface area contributed by atoms with E-state index in [4.69, 9.17) is 14.1 Å². The number of ether oxygens (including phenoxy) is 2. The predicted octanol–water partition coefficient (Wildman–Crippen LogP) is 2.68. The second kappa shape index (κ2) is 7.70. The normalized spacial score (nSPS) is 19.1. The lowest BCUT2D eigenvalue weighted by molar-refractivity contribution is -0.105. The average molecular weight is 275 g/mol. The van der Waals surface area contributed by atoms with Crippen molar-refractivity contribution in [2.24, 2.45) is 5.92 Å². The summed E-state index contributed by atoms with van der Waals surface area (Å²) in [4.78, 5) is 0. The molecule has 3 nitrogen and oxygen atoms in total. The molecule has 0 amide bonds. The van der Waals surface area contributed by atoms with Crippen LogP contribution in [-0.2, 0) is 15.8 Å². The van der Waals surface area contributed by atoms with Gasteiger partial charge in [0, 0.05) is 13.5 Å². The van der Waals surface area contributed by atoms with Crippen molar-refractivity contribution in [1.82, 2.24) is 0 Å². The van der Waals surface area contributed by atoms with E-state index in [9.17, 15) is 0 Å². The quantitative estimate of drug-likeness (QED) is 0.747. The van der Waals surface area contributed by atoms with E-state index in [0.717, 1.165) is 37.1 Å². The van der Waals surface area contributed by atoms with E-state index in [1.54, 1.807) is 14.6 Å². The Kier molecular flexibility index (Phi) is 5.93. The van der Waals surface area contributed by atoms with Gasteiger partial charge in [-0.2, -0.15) is 0 Å². The van der Waals surface area contributed by atoms with Gasteiger partial charge in [0.05, 0.1) is 6.61 Å². The van der Waals surface area contributed by atoms with E-state index in [-0.39, 0.29) is 6.29 Å². The Morgan fingerprint density at radius 3 is 2.85 bits per heavy atom. The molecule has 1 unspecified atom stereocenters. The number of rotatable bonds is 6. The SMILES string of the molecule is CO[B]c1cc(CC(C)C)ccc1OC1CCCCO1. The zero-order chi connectivity index (χ0) is 14.4. The van der Waals surface area contributed by atoms with Gasteiger partial charge in [-0.1, -0.05) is 26.0 Å². The molecular weight excluding hydrogens is 251 g/mol. The molecule has 20 heavy (non-hydrogen) atoms. The molecule has 0 bridgehead atoms. The lowest BCUT2D eigenvalue weighted by atomic mass is 9.85. The monoisotopic (exact) mass is 275 g/mol. The molecule has 0 spiro atoms. The van der Waals surface area contributed by atoms with Gasteiger partial charge in [-0.25, -0.2) is 0 Å². The van der Waals surface area contributed by atoms with Crippen LogP contribution in [0.1, 0.15) is 38.7 Å². The van der Waals surface area contributed by atoms with E-state index in [1.165, 1.54) is 12.0 Å². The van der Waals surface area contributed by atoms with Crippen LogP contribution in [0.25, 0.3) is 0 Å². The smallest absolute Gasteiger partial charge is 0.333 e. The van der Waals surface area contributed by atoms with Gasteiger partial charge in [-0.15, -0.1) is 0 Å². The van der Waals surface area contributed by atoms with Gasteiger partial charge in [0.25, 0.3) is 0 Å². The van der Waals surface area contributed by atoms with Crippen LogP contribution in [0, 0.1) is 5.92 Å². The molecule has 1 aromatic carbocycles. The third kappa shape index (κ3) is 4.53. The summed E-state index contributed by atoms with van der Waals surface area (Å²) < 4.78 is 16.8. The fraction of sp³-hybridized carbons (Fsp3) is 0.625. The van der Waals surface area contributed by atoms with E-state index < -0.39 is 0 Å². The highest BCUT2D eigenvalue weighted by Crippen LogP contribution is 2.19. The largest absolute Gasteiger partial charge is 0.465 e. The van der Waals surface area contributed by atoms with Gasteiger partial charge < -0.3 is 14.1 Å². The summed E-state index contributed by atoms with van der Waals surface area (Å²) in [7, 11) is 3.40. The van der Waals surface area contributed by atoms with Crippen LogP contribution in [-0.4, -0.2) is 27.5 Å². The first-order chi connectivity index (χ1) is 9.69. The topological polar surface area (TPSA) is 27.7 Å². The minimum absolute atomic E-state index is 0.122. The zero-order valence-electron chi connectivity index (χ0n) is 12.7. The maximum absolute atomic E-state index is 5.97. The maximum atomic E-state index is 5.97. The van der Waals surface area contributed by atoms with Crippen LogP contribution in [0.4, 0.5) is 0 Å². The minimum atomic E-state index is -0.122. The van der Waals surface area contributed by atoms with Crippen LogP contribution in [0.3, 0.4) is 0 Å². The Balaban J connectivity index is 2.09. The van der Waals surface area contributed by atoms with Gasteiger partial charge in [0.2, 0.25) is 0 Å². The molecule has 2 rings (SSSR count). The molecule has 0 N–H and O–H groups in total. The van der Waals surface area contributed by atoms with Crippen LogP contribution >= 0.6 is 0 Å². The third-order valence-electron chi connectivity index (χ3n) is 3.36. The fourth-order valence-electron chi connectivity index (χ4n) is 2.47. The van der Waals surface area contributed by atoms with Crippen molar-refractivity contribution in [3.63, 3.8) is 0 Å². The van der Waals surface area contributed by atoms with Crippen molar-refractivity contribution in [1.29, 1.82) is 0 Å². The predicted molar refractivity (Wildman–Crippen MR) is 81.6 cm³/mol. The van der Waals surface area contributed by atoms with E-state index in [2.05, 4.69) is 26.0 Å². The molecule has 109 valence electrons. The van der Waals surface area contributed by atoms with Crippen molar-refractivity contribution in [2.75, 3.05) is 13.7 Å². The summed E-state index contributed by atoms with van der Waals surface area (Å²) in [5, 5.41) is 0. The Labute approximate surface area is 122 Å². The molecule has 1 aliphatic heterocycles. The van der Waals surface area contributed by atoms with Crippen LogP contribution in [0.2, 0.25) is 0 Å². The van der Waals surface area contributed by atoms with Crippen molar-refractivity contribution in [3.05, 3.63) is 23.8 Å². The lowest BCUT2D eigenvalue weighted by Crippen LogP contribution is -2.29. The van der Waals surface area contributed by atoms with Crippen LogP contribution in [0.15, 0.2) is 18.2 Å². The molecule has 0 saturated carbocycles. The molecule has 0 aliphatic carbocycles. The molecular formula is C16H24BO3. The van der Waals surface area contributed by atoms with Gasteiger partial charge in [0.1, 0.15) is 5.75 Å². The number of hydrogen-bond acceptors (Lipinski definition) is 3.